The Morgan fingerprint density at radius 1 is 1.12 bits per heavy atom. The minimum Gasteiger partial charge on any atom is -0.469 e. The van der Waals surface area contributed by atoms with Crippen LogP contribution in [-0.4, -0.2) is 36.0 Å². The van der Waals surface area contributed by atoms with Crippen molar-refractivity contribution in [3.05, 3.63) is 0 Å². The lowest BCUT2D eigenvalue weighted by Crippen LogP contribution is -2.60. The monoisotopic (exact) mass is 352 g/mol. The molecule has 7 unspecified atom stereocenters. The van der Waals surface area contributed by atoms with Crippen molar-refractivity contribution >= 4 is 5.97 Å². The van der Waals surface area contributed by atoms with E-state index in [1.807, 2.05) is 0 Å². The smallest absolute Gasteiger partial charge is 0.311 e. The highest BCUT2D eigenvalue weighted by atomic mass is 16.5. The lowest BCUT2D eigenvalue weighted by Gasteiger charge is -2.63. The Balaban J connectivity index is 1.90. The third-order valence-corrected chi connectivity index (χ3v) is 8.61. The van der Waals surface area contributed by atoms with Crippen molar-refractivity contribution in [2.24, 2.45) is 34.0 Å². The maximum Gasteiger partial charge on any atom is 0.311 e. The molecule has 0 radical (unpaired) electrons. The summed E-state index contributed by atoms with van der Waals surface area (Å²) in [6, 6.07) is 0. The summed E-state index contributed by atoms with van der Waals surface area (Å²) < 4.78 is 5.19. The summed E-state index contributed by atoms with van der Waals surface area (Å²) in [6.07, 6.45) is 7.51. The van der Waals surface area contributed by atoms with Crippen LogP contribution in [0.15, 0.2) is 0 Å². The summed E-state index contributed by atoms with van der Waals surface area (Å²) in [5.74, 6) is 1.06. The maximum absolute atomic E-state index is 12.6. The van der Waals surface area contributed by atoms with Gasteiger partial charge in [0.05, 0.1) is 18.6 Å². The molecule has 3 aliphatic carbocycles. The highest BCUT2D eigenvalue weighted by Crippen LogP contribution is 2.65. The van der Waals surface area contributed by atoms with Gasteiger partial charge in [0.2, 0.25) is 0 Å². The van der Waals surface area contributed by atoms with E-state index in [2.05, 4.69) is 20.8 Å². The van der Waals surface area contributed by atoms with Crippen LogP contribution >= 0.6 is 0 Å². The average Bonchev–Trinajstić information content (AvgIpc) is 2.57. The second-order valence-corrected chi connectivity index (χ2v) is 9.78. The highest BCUT2D eigenvalue weighted by molar-refractivity contribution is 5.77. The molecule has 0 saturated heterocycles. The average molecular weight is 353 g/mol. The summed E-state index contributed by atoms with van der Waals surface area (Å²) in [5, 5.41) is 20.6. The van der Waals surface area contributed by atoms with E-state index in [1.165, 1.54) is 7.11 Å². The third-order valence-electron chi connectivity index (χ3n) is 8.61. The molecule has 4 heteroatoms. The van der Waals surface area contributed by atoms with E-state index in [4.69, 9.17) is 4.74 Å². The van der Waals surface area contributed by atoms with Gasteiger partial charge in [-0.1, -0.05) is 20.3 Å². The van der Waals surface area contributed by atoms with Gasteiger partial charge in [-0.05, 0) is 80.5 Å². The molecule has 144 valence electrons. The predicted molar refractivity (Wildman–Crippen MR) is 96.8 cm³/mol. The molecule has 25 heavy (non-hydrogen) atoms. The number of hydrogen-bond acceptors (Lipinski definition) is 4. The number of aliphatic hydroxyl groups is 2. The highest BCUT2D eigenvalue weighted by Gasteiger charge is 2.62. The quantitative estimate of drug-likeness (QED) is 0.763. The van der Waals surface area contributed by atoms with Crippen molar-refractivity contribution in [2.45, 2.75) is 78.2 Å². The normalized spacial score (nSPS) is 49.8. The largest absolute Gasteiger partial charge is 0.469 e. The van der Waals surface area contributed by atoms with Crippen LogP contribution in [0.25, 0.3) is 0 Å². The molecule has 0 aromatic carbocycles. The molecule has 0 aromatic rings. The Kier molecular flexibility index (Phi) is 5.00. The summed E-state index contributed by atoms with van der Waals surface area (Å²) in [7, 11) is 1.51. The fourth-order valence-electron chi connectivity index (χ4n) is 7.13. The fraction of sp³-hybridized carbons (Fsp3) is 0.952. The van der Waals surface area contributed by atoms with E-state index >= 15 is 0 Å². The van der Waals surface area contributed by atoms with Crippen molar-refractivity contribution in [1.29, 1.82) is 0 Å². The van der Waals surface area contributed by atoms with Gasteiger partial charge in [0, 0.05) is 6.61 Å². The molecule has 0 bridgehead atoms. The van der Waals surface area contributed by atoms with Crippen LogP contribution in [0.5, 0.6) is 0 Å². The van der Waals surface area contributed by atoms with Gasteiger partial charge in [0.25, 0.3) is 0 Å². The molecule has 3 saturated carbocycles. The molecule has 3 aliphatic rings. The van der Waals surface area contributed by atoms with Crippen LogP contribution in [-0.2, 0) is 9.53 Å². The molecule has 0 aliphatic heterocycles. The third kappa shape index (κ3) is 2.75. The van der Waals surface area contributed by atoms with Crippen LogP contribution in [0.2, 0.25) is 0 Å². The summed E-state index contributed by atoms with van der Waals surface area (Å²) >= 11 is 0. The van der Waals surface area contributed by atoms with E-state index in [-0.39, 0.29) is 34.9 Å². The first-order valence-electron chi connectivity index (χ1n) is 10.1. The van der Waals surface area contributed by atoms with Crippen LogP contribution in [0.1, 0.15) is 72.1 Å². The number of carbonyl (C=O) groups excluding carboxylic acids is 1. The van der Waals surface area contributed by atoms with Crippen molar-refractivity contribution in [2.75, 3.05) is 13.7 Å². The zero-order valence-electron chi connectivity index (χ0n) is 16.4. The molecule has 0 aromatic heterocycles. The van der Waals surface area contributed by atoms with Crippen LogP contribution in [0.3, 0.4) is 0 Å². The molecule has 0 spiro atoms. The topological polar surface area (TPSA) is 66.8 Å². The lowest BCUT2D eigenvalue weighted by molar-refractivity contribution is -0.192. The standard InChI is InChI=1S/C21H36O4/c1-19(12-13-22)11-8-15-14(17(19)23)6-7-16-20(15,2)9-5-10-21(16,3)18(24)25-4/h14-17,22-23H,5-13H2,1-4H3. The molecule has 0 amide bonds. The van der Waals surface area contributed by atoms with Gasteiger partial charge in [-0.2, -0.15) is 0 Å². The van der Waals surface area contributed by atoms with E-state index in [0.717, 1.165) is 44.9 Å². The van der Waals surface area contributed by atoms with Crippen molar-refractivity contribution < 1.29 is 19.7 Å². The first-order valence-corrected chi connectivity index (χ1v) is 10.1. The zero-order chi connectivity index (χ0) is 18.5. The van der Waals surface area contributed by atoms with E-state index in [1.54, 1.807) is 0 Å². The number of hydrogen-bond donors (Lipinski definition) is 2. The van der Waals surface area contributed by atoms with Crippen molar-refractivity contribution in [3.8, 4) is 0 Å². The zero-order valence-corrected chi connectivity index (χ0v) is 16.4. The summed E-state index contributed by atoms with van der Waals surface area (Å²) in [5.41, 5.74) is -0.450. The Morgan fingerprint density at radius 3 is 2.48 bits per heavy atom. The molecule has 4 nitrogen and oxygen atoms in total. The summed E-state index contributed by atoms with van der Waals surface area (Å²) in [6.45, 7) is 6.76. The molecular weight excluding hydrogens is 316 g/mol. The number of rotatable bonds is 3. The van der Waals surface area contributed by atoms with Gasteiger partial charge in [-0.3, -0.25) is 4.79 Å². The second kappa shape index (κ2) is 6.53. The van der Waals surface area contributed by atoms with Crippen LogP contribution < -0.4 is 0 Å². The Labute approximate surface area is 152 Å². The number of methoxy groups -OCH3 is 1. The Bertz CT molecular complexity index is 520. The minimum atomic E-state index is -0.385. The van der Waals surface area contributed by atoms with Gasteiger partial charge in [0.15, 0.2) is 0 Å². The molecule has 2 N–H and O–H groups in total. The molecular formula is C21H36O4. The van der Waals surface area contributed by atoms with Gasteiger partial charge in [-0.15, -0.1) is 0 Å². The molecule has 7 atom stereocenters. The van der Waals surface area contributed by atoms with E-state index < -0.39 is 0 Å². The SMILES string of the molecule is COC(=O)C1(C)CCCC2(C)C3CCC(C)(CCO)C(O)C3CCC12. The first kappa shape index (κ1) is 19.2. The van der Waals surface area contributed by atoms with Crippen LogP contribution in [0.4, 0.5) is 0 Å². The Hall–Kier alpha value is -0.610. The van der Waals surface area contributed by atoms with E-state index in [0.29, 0.717) is 24.2 Å². The van der Waals surface area contributed by atoms with Crippen molar-refractivity contribution in [1.82, 2.24) is 0 Å². The molecule has 0 heterocycles. The second-order valence-electron chi connectivity index (χ2n) is 9.78. The molecule has 3 rings (SSSR count). The maximum atomic E-state index is 12.6. The fourth-order valence-corrected chi connectivity index (χ4v) is 7.13. The minimum absolute atomic E-state index is 0.0525. The predicted octanol–water partition coefficient (Wildman–Crippen LogP) is 3.54. The number of fused-ring (bicyclic) bond motifs is 3. The van der Waals surface area contributed by atoms with Gasteiger partial charge in [0.1, 0.15) is 0 Å². The van der Waals surface area contributed by atoms with Gasteiger partial charge in [-0.25, -0.2) is 0 Å². The number of carbonyl (C=O) groups is 1. The van der Waals surface area contributed by atoms with Crippen molar-refractivity contribution in [3.63, 3.8) is 0 Å². The lowest BCUT2D eigenvalue weighted by atomic mass is 9.42. The number of ether oxygens (including phenoxy) is 1. The summed E-state index contributed by atoms with van der Waals surface area (Å²) in [4.78, 5) is 12.6. The number of aliphatic hydroxyl groups excluding tert-OH is 2. The van der Waals surface area contributed by atoms with Gasteiger partial charge >= 0.3 is 5.97 Å². The van der Waals surface area contributed by atoms with Gasteiger partial charge < -0.3 is 14.9 Å². The number of esters is 1. The van der Waals surface area contributed by atoms with E-state index in [9.17, 15) is 15.0 Å². The Morgan fingerprint density at radius 2 is 1.84 bits per heavy atom. The first-order chi connectivity index (χ1) is 11.7. The van der Waals surface area contributed by atoms with Crippen LogP contribution in [0, 0.1) is 34.0 Å². The molecule has 3 fully saturated rings.